The molecule has 3 aliphatic rings. The van der Waals surface area contributed by atoms with Crippen LogP contribution in [0.1, 0.15) is 11.3 Å². The Labute approximate surface area is 156 Å². The summed E-state index contributed by atoms with van der Waals surface area (Å²) in [5, 5.41) is 6.91. The van der Waals surface area contributed by atoms with Crippen molar-refractivity contribution in [2.45, 2.75) is 25.2 Å². The van der Waals surface area contributed by atoms with Crippen LogP contribution < -0.4 is 10.2 Å². The van der Waals surface area contributed by atoms with Gasteiger partial charge in [0.15, 0.2) is 5.82 Å². The van der Waals surface area contributed by atoms with Crippen molar-refractivity contribution in [3.8, 4) is 0 Å². The van der Waals surface area contributed by atoms with E-state index in [4.69, 9.17) is 9.26 Å². The lowest BCUT2D eigenvalue weighted by atomic mass is 9.77. The molecule has 2 aromatic rings. The molecule has 0 saturated carbocycles. The second-order valence-corrected chi connectivity index (χ2v) is 7.32. The lowest BCUT2D eigenvalue weighted by Crippen LogP contribution is -2.44. The Morgan fingerprint density at radius 3 is 2.93 bits per heavy atom. The van der Waals surface area contributed by atoms with Gasteiger partial charge in [-0.2, -0.15) is 0 Å². The third kappa shape index (κ3) is 2.42. The molecule has 1 aromatic heterocycles. The molecule has 2 bridgehead atoms. The molecule has 0 radical (unpaired) electrons. The van der Waals surface area contributed by atoms with Gasteiger partial charge in [-0.3, -0.25) is 14.5 Å². The van der Waals surface area contributed by atoms with Crippen molar-refractivity contribution in [3.63, 3.8) is 0 Å². The lowest BCUT2D eigenvalue weighted by Gasteiger charge is -2.23. The zero-order valence-electron chi connectivity index (χ0n) is 14.8. The molecule has 3 unspecified atom stereocenters. The maximum Gasteiger partial charge on any atom is 0.235 e. The fourth-order valence-electron chi connectivity index (χ4n) is 4.37. The third-order valence-corrected chi connectivity index (χ3v) is 5.60. The van der Waals surface area contributed by atoms with Gasteiger partial charge >= 0.3 is 0 Å². The second kappa shape index (κ2) is 5.79. The number of aryl methyl sites for hydroxylation is 1. The number of fused-ring (bicyclic) bond motifs is 1. The molecular formula is C20H19N3O4. The summed E-state index contributed by atoms with van der Waals surface area (Å²) >= 11 is 0. The molecule has 7 heteroatoms. The van der Waals surface area contributed by atoms with E-state index in [1.54, 1.807) is 17.9 Å². The molecule has 27 heavy (non-hydrogen) atoms. The van der Waals surface area contributed by atoms with Crippen LogP contribution >= 0.6 is 0 Å². The van der Waals surface area contributed by atoms with Crippen LogP contribution in [0.5, 0.6) is 0 Å². The second-order valence-electron chi connectivity index (χ2n) is 7.32. The molecule has 1 aromatic carbocycles. The molecule has 138 valence electrons. The summed E-state index contributed by atoms with van der Waals surface area (Å²) in [6, 6.07) is 11.4. The van der Waals surface area contributed by atoms with Crippen molar-refractivity contribution in [1.29, 1.82) is 0 Å². The van der Waals surface area contributed by atoms with Crippen molar-refractivity contribution < 1.29 is 18.8 Å². The Kier molecular flexibility index (Phi) is 3.48. The molecule has 2 amide bonds. The average molecular weight is 365 g/mol. The van der Waals surface area contributed by atoms with Crippen LogP contribution in [-0.4, -0.2) is 35.2 Å². The van der Waals surface area contributed by atoms with E-state index in [9.17, 15) is 9.59 Å². The molecule has 4 atom stereocenters. The maximum atomic E-state index is 13.1. The number of amides is 2. The van der Waals surface area contributed by atoms with Crippen molar-refractivity contribution in [2.75, 3.05) is 11.4 Å². The first kappa shape index (κ1) is 16.3. The molecule has 0 aliphatic carbocycles. The van der Waals surface area contributed by atoms with Gasteiger partial charge in [0.2, 0.25) is 11.8 Å². The fraction of sp³-hybridized carbons (Fsp3) is 0.350. The maximum absolute atomic E-state index is 13.1. The molecule has 1 spiro atoms. The Morgan fingerprint density at radius 2 is 2.19 bits per heavy atom. The highest BCUT2D eigenvalue weighted by molar-refractivity contribution is 6.02. The lowest BCUT2D eigenvalue weighted by molar-refractivity contribution is -0.132. The zero-order chi connectivity index (χ0) is 18.6. The number of aromatic nitrogens is 1. The van der Waals surface area contributed by atoms with Gasteiger partial charge in [-0.1, -0.05) is 47.6 Å². The number of nitrogens with zero attached hydrogens (tertiary/aromatic N) is 2. The topological polar surface area (TPSA) is 84.7 Å². The predicted molar refractivity (Wildman–Crippen MR) is 95.6 cm³/mol. The summed E-state index contributed by atoms with van der Waals surface area (Å²) < 4.78 is 11.2. The molecule has 1 N–H and O–H groups in total. The minimum absolute atomic E-state index is 0.144. The van der Waals surface area contributed by atoms with Gasteiger partial charge in [0, 0.05) is 12.6 Å². The van der Waals surface area contributed by atoms with E-state index < -0.39 is 17.4 Å². The summed E-state index contributed by atoms with van der Waals surface area (Å²) in [6.07, 6.45) is 3.46. The summed E-state index contributed by atoms with van der Waals surface area (Å²) in [7, 11) is 0. The largest absolute Gasteiger partial charge is 0.360 e. The Bertz CT molecular complexity index is 938. The minimum Gasteiger partial charge on any atom is -0.360 e. The van der Waals surface area contributed by atoms with E-state index >= 15 is 0 Å². The number of carbonyl (C=O) groups excluding carboxylic acids is 2. The Morgan fingerprint density at radius 1 is 1.37 bits per heavy atom. The van der Waals surface area contributed by atoms with Crippen molar-refractivity contribution in [3.05, 3.63) is 59.9 Å². The van der Waals surface area contributed by atoms with E-state index in [0.29, 0.717) is 24.7 Å². The number of benzene rings is 1. The average Bonchev–Trinajstić information content (AvgIpc) is 3.42. The fourth-order valence-corrected chi connectivity index (χ4v) is 4.37. The molecule has 7 nitrogen and oxygen atoms in total. The first-order chi connectivity index (χ1) is 13.1. The number of hydrogen-bond donors (Lipinski definition) is 1. The molecule has 5 rings (SSSR count). The van der Waals surface area contributed by atoms with Gasteiger partial charge in [0.25, 0.3) is 0 Å². The van der Waals surface area contributed by atoms with Gasteiger partial charge in [-0.05, 0) is 12.5 Å². The van der Waals surface area contributed by atoms with E-state index in [0.717, 1.165) is 5.56 Å². The summed E-state index contributed by atoms with van der Waals surface area (Å²) in [5.74, 6) is -0.290. The van der Waals surface area contributed by atoms with E-state index in [1.165, 1.54) is 0 Å². The Balaban J connectivity index is 1.38. The van der Waals surface area contributed by atoms with Crippen LogP contribution in [-0.2, 0) is 20.9 Å². The van der Waals surface area contributed by atoms with Gasteiger partial charge in [-0.25, -0.2) is 0 Å². The van der Waals surface area contributed by atoms with Crippen molar-refractivity contribution in [2.24, 2.45) is 11.8 Å². The van der Waals surface area contributed by atoms with Gasteiger partial charge in [0.05, 0.1) is 24.5 Å². The molecule has 2 fully saturated rings. The first-order valence-corrected chi connectivity index (χ1v) is 9.01. The first-order valence-electron chi connectivity index (χ1n) is 9.01. The van der Waals surface area contributed by atoms with E-state index in [-0.39, 0.29) is 17.9 Å². The quantitative estimate of drug-likeness (QED) is 0.832. The third-order valence-electron chi connectivity index (χ3n) is 5.60. The standard InChI is InChI=1S/C20H19N3O4/c1-12-9-15(22-27-12)23-11-20-8-7-14(26-20)16(17(20)19(23)25)18(24)21-10-13-5-3-2-4-6-13/h2-9,14,16-17H,10-11H2,1H3,(H,21,24)/t14?,16?,17?,20-/m0/s1. The van der Waals surface area contributed by atoms with Crippen LogP contribution in [0.4, 0.5) is 5.82 Å². The van der Waals surface area contributed by atoms with Gasteiger partial charge in [-0.15, -0.1) is 0 Å². The SMILES string of the molecule is Cc1cc(N2C[C@]34C=CC(O3)C(C(=O)NCc3ccccc3)C4C2=O)no1. The van der Waals surface area contributed by atoms with Crippen LogP contribution in [0.3, 0.4) is 0 Å². The molecular weight excluding hydrogens is 346 g/mol. The number of anilines is 1. The van der Waals surface area contributed by atoms with Crippen LogP contribution in [0.2, 0.25) is 0 Å². The highest BCUT2D eigenvalue weighted by Gasteiger charge is 2.67. The number of carbonyl (C=O) groups is 2. The summed E-state index contributed by atoms with van der Waals surface area (Å²) in [6.45, 7) is 2.54. The smallest absolute Gasteiger partial charge is 0.235 e. The Hall–Kier alpha value is -2.93. The van der Waals surface area contributed by atoms with E-state index in [2.05, 4.69) is 10.5 Å². The number of ether oxygens (including phenoxy) is 1. The predicted octanol–water partition coefficient (Wildman–Crippen LogP) is 1.59. The highest BCUT2D eigenvalue weighted by atomic mass is 16.5. The number of hydrogen-bond acceptors (Lipinski definition) is 5. The monoisotopic (exact) mass is 365 g/mol. The molecule has 3 aliphatic heterocycles. The van der Waals surface area contributed by atoms with Crippen LogP contribution in [0.25, 0.3) is 0 Å². The summed E-state index contributed by atoms with van der Waals surface area (Å²) in [5.41, 5.74) is 0.251. The van der Waals surface area contributed by atoms with Gasteiger partial charge in [0.1, 0.15) is 11.4 Å². The van der Waals surface area contributed by atoms with Gasteiger partial charge < -0.3 is 14.6 Å². The summed E-state index contributed by atoms with van der Waals surface area (Å²) in [4.78, 5) is 27.6. The molecule has 2 saturated heterocycles. The zero-order valence-corrected chi connectivity index (χ0v) is 14.8. The van der Waals surface area contributed by atoms with Crippen molar-refractivity contribution >= 4 is 17.6 Å². The van der Waals surface area contributed by atoms with Crippen molar-refractivity contribution in [1.82, 2.24) is 10.5 Å². The van der Waals surface area contributed by atoms with Crippen LogP contribution in [0.15, 0.2) is 53.1 Å². The van der Waals surface area contributed by atoms with E-state index in [1.807, 2.05) is 42.5 Å². The van der Waals surface area contributed by atoms with Crippen LogP contribution in [0, 0.1) is 18.8 Å². The number of rotatable bonds is 4. The normalized spacial score (nSPS) is 30.8. The number of nitrogens with one attached hydrogen (secondary N) is 1. The molecule has 4 heterocycles. The highest BCUT2D eigenvalue weighted by Crippen LogP contribution is 2.52. The minimum atomic E-state index is -0.761.